The number of methoxy groups -OCH3 is 3. The minimum absolute atomic E-state index is 0.00728. The minimum atomic E-state index is -0.567. The molecule has 0 aliphatic carbocycles. The summed E-state index contributed by atoms with van der Waals surface area (Å²) < 4.78 is 26.5. The van der Waals surface area contributed by atoms with Crippen LogP contribution in [0, 0.1) is 6.92 Å². The molecule has 0 N–H and O–H groups in total. The maximum absolute atomic E-state index is 12.4. The molecule has 0 radical (unpaired) electrons. The first-order valence-corrected chi connectivity index (χ1v) is 7.63. The largest absolute Gasteiger partial charge is 0.496 e. The molecule has 0 bridgehead atoms. The molecule has 0 saturated heterocycles. The molecule has 0 amide bonds. The maximum atomic E-state index is 12.4. The highest BCUT2D eigenvalue weighted by Crippen LogP contribution is 2.44. The second-order valence-corrected chi connectivity index (χ2v) is 5.60. The number of benzene rings is 1. The van der Waals surface area contributed by atoms with E-state index in [9.17, 15) is 9.59 Å². The van der Waals surface area contributed by atoms with Crippen molar-refractivity contribution in [2.24, 2.45) is 0 Å². The van der Waals surface area contributed by atoms with Crippen molar-refractivity contribution in [3.63, 3.8) is 0 Å². The first-order chi connectivity index (χ1) is 12.0. The van der Waals surface area contributed by atoms with E-state index >= 15 is 0 Å². The second-order valence-electron chi connectivity index (χ2n) is 5.60. The summed E-state index contributed by atoms with van der Waals surface area (Å²) in [4.78, 5) is 24.5. The van der Waals surface area contributed by atoms with Crippen LogP contribution < -0.4 is 24.6 Å². The fourth-order valence-corrected chi connectivity index (χ4v) is 3.02. The van der Waals surface area contributed by atoms with Gasteiger partial charge in [-0.05, 0) is 13.0 Å². The van der Waals surface area contributed by atoms with Gasteiger partial charge < -0.3 is 23.4 Å². The summed E-state index contributed by atoms with van der Waals surface area (Å²) in [6.07, 6.45) is -0.00728. The normalized spacial score (nSPS) is 16.0. The van der Waals surface area contributed by atoms with Crippen molar-refractivity contribution in [3.8, 4) is 23.0 Å². The molecular formula is C18H18O7. The van der Waals surface area contributed by atoms with Gasteiger partial charge in [-0.3, -0.25) is 4.79 Å². The van der Waals surface area contributed by atoms with E-state index in [4.69, 9.17) is 23.4 Å². The van der Waals surface area contributed by atoms with Crippen LogP contribution >= 0.6 is 0 Å². The Hall–Kier alpha value is -2.96. The predicted molar refractivity (Wildman–Crippen MR) is 87.9 cm³/mol. The summed E-state index contributed by atoms with van der Waals surface area (Å²) in [5.41, 5.74) is 0.370. The Labute approximate surface area is 144 Å². The molecule has 0 saturated carbocycles. The van der Waals surface area contributed by atoms with Gasteiger partial charge in [0.05, 0.1) is 33.3 Å². The van der Waals surface area contributed by atoms with Gasteiger partial charge in [-0.15, -0.1) is 0 Å². The van der Waals surface area contributed by atoms with E-state index in [0.29, 0.717) is 28.6 Å². The Morgan fingerprint density at radius 3 is 2.24 bits per heavy atom. The van der Waals surface area contributed by atoms with Crippen molar-refractivity contribution in [1.82, 2.24) is 0 Å². The first kappa shape index (κ1) is 16.9. The van der Waals surface area contributed by atoms with Crippen molar-refractivity contribution in [2.75, 3.05) is 21.3 Å². The van der Waals surface area contributed by atoms with Gasteiger partial charge in [-0.25, -0.2) is 4.79 Å². The van der Waals surface area contributed by atoms with E-state index in [2.05, 4.69) is 0 Å². The van der Waals surface area contributed by atoms with Gasteiger partial charge in [-0.1, -0.05) is 0 Å². The summed E-state index contributed by atoms with van der Waals surface area (Å²) in [6, 6.07) is 4.89. The summed E-state index contributed by atoms with van der Waals surface area (Å²) in [6.45, 7) is 1.62. The average molecular weight is 346 g/mol. The summed E-state index contributed by atoms with van der Waals surface area (Å²) in [5, 5.41) is 0. The van der Waals surface area contributed by atoms with E-state index in [0.717, 1.165) is 0 Å². The zero-order chi connectivity index (χ0) is 18.1. The van der Waals surface area contributed by atoms with Crippen LogP contribution in [0.15, 0.2) is 27.4 Å². The Bertz CT molecular complexity index is 882. The molecule has 1 aliphatic rings. The lowest BCUT2D eigenvalue weighted by Gasteiger charge is -2.25. The van der Waals surface area contributed by atoms with E-state index < -0.39 is 17.5 Å². The summed E-state index contributed by atoms with van der Waals surface area (Å²) >= 11 is 0. The van der Waals surface area contributed by atoms with Gasteiger partial charge in [-0.2, -0.15) is 0 Å². The molecule has 7 nitrogen and oxygen atoms in total. The van der Waals surface area contributed by atoms with Crippen molar-refractivity contribution in [3.05, 3.63) is 45.5 Å². The molecule has 1 aromatic carbocycles. The van der Waals surface area contributed by atoms with Crippen molar-refractivity contribution in [2.45, 2.75) is 19.3 Å². The van der Waals surface area contributed by atoms with Gasteiger partial charge in [0, 0.05) is 23.6 Å². The quantitative estimate of drug-likeness (QED) is 0.786. The van der Waals surface area contributed by atoms with Crippen molar-refractivity contribution in [1.29, 1.82) is 0 Å². The second kappa shape index (κ2) is 6.51. The number of esters is 1. The van der Waals surface area contributed by atoms with E-state index in [-0.39, 0.29) is 17.7 Å². The molecule has 2 heterocycles. The molecular weight excluding hydrogens is 328 g/mol. The van der Waals surface area contributed by atoms with E-state index in [1.165, 1.54) is 27.4 Å². The number of carbonyl (C=O) groups excluding carboxylic acids is 1. The highest BCUT2D eigenvalue weighted by Gasteiger charge is 2.34. The molecule has 0 spiro atoms. The SMILES string of the molecule is COc1cc(OC)c([C@@H]2CC(=O)Oc3cc(C)oc(=O)c32)cc1OC. The first-order valence-electron chi connectivity index (χ1n) is 7.63. The van der Waals surface area contributed by atoms with Crippen molar-refractivity contribution >= 4 is 5.97 Å². The molecule has 132 valence electrons. The third-order valence-electron chi connectivity index (χ3n) is 4.13. The zero-order valence-corrected chi connectivity index (χ0v) is 14.4. The molecule has 1 aliphatic heterocycles. The number of aryl methyl sites for hydroxylation is 1. The van der Waals surface area contributed by atoms with Crippen molar-refractivity contribution < 1.29 is 28.2 Å². The average Bonchev–Trinajstić information content (AvgIpc) is 2.58. The summed E-state index contributed by atoms with van der Waals surface area (Å²) in [5.74, 6) is 1.02. The predicted octanol–water partition coefficient (Wildman–Crippen LogP) is 2.42. The van der Waals surface area contributed by atoms with Gasteiger partial charge in [0.1, 0.15) is 17.3 Å². The fourth-order valence-electron chi connectivity index (χ4n) is 3.02. The number of hydrogen-bond donors (Lipinski definition) is 0. The van der Waals surface area contributed by atoms with Gasteiger partial charge in [0.15, 0.2) is 11.5 Å². The number of rotatable bonds is 4. The van der Waals surface area contributed by atoms with Crippen LogP contribution in [0.1, 0.15) is 29.2 Å². The Kier molecular flexibility index (Phi) is 4.39. The summed E-state index contributed by atoms with van der Waals surface area (Å²) in [7, 11) is 4.53. The molecule has 0 fully saturated rings. The molecule has 1 atom stereocenters. The molecule has 7 heteroatoms. The Morgan fingerprint density at radius 1 is 0.960 bits per heavy atom. The Balaban J connectivity index is 2.24. The number of fused-ring (bicyclic) bond motifs is 1. The van der Waals surface area contributed by atoms with Crippen LogP contribution in [0.4, 0.5) is 0 Å². The van der Waals surface area contributed by atoms with Gasteiger partial charge >= 0.3 is 11.6 Å². The molecule has 2 aromatic rings. The monoisotopic (exact) mass is 346 g/mol. The number of carbonyl (C=O) groups is 1. The third-order valence-corrected chi connectivity index (χ3v) is 4.13. The molecule has 1 aromatic heterocycles. The smallest absolute Gasteiger partial charge is 0.343 e. The van der Waals surface area contributed by atoms with E-state index in [1.807, 2.05) is 0 Å². The highest BCUT2D eigenvalue weighted by atomic mass is 16.5. The standard InChI is InChI=1S/C18H18O7/c1-9-5-15-17(18(20)24-9)11(7-16(19)25-15)10-6-13(22-3)14(23-4)8-12(10)21-2/h5-6,8,11H,7H2,1-4H3/t11-/m0/s1. The third kappa shape index (κ3) is 2.93. The lowest BCUT2D eigenvalue weighted by molar-refractivity contribution is -0.135. The van der Waals surface area contributed by atoms with E-state index in [1.54, 1.807) is 19.1 Å². The lowest BCUT2D eigenvalue weighted by Crippen LogP contribution is -2.27. The number of hydrogen-bond acceptors (Lipinski definition) is 7. The lowest BCUT2D eigenvalue weighted by atomic mass is 9.86. The van der Waals surface area contributed by atoms with Gasteiger partial charge in [0.2, 0.25) is 0 Å². The maximum Gasteiger partial charge on any atom is 0.343 e. The molecule has 0 unspecified atom stereocenters. The number of ether oxygens (including phenoxy) is 4. The fraction of sp³-hybridized carbons (Fsp3) is 0.333. The van der Waals surface area contributed by atoms with Crippen LogP contribution in [0.2, 0.25) is 0 Å². The van der Waals surface area contributed by atoms with Gasteiger partial charge in [0.25, 0.3) is 0 Å². The zero-order valence-electron chi connectivity index (χ0n) is 14.4. The topological polar surface area (TPSA) is 84.2 Å². The van der Waals surface area contributed by atoms with Crippen LogP contribution in [0.25, 0.3) is 0 Å². The molecule has 25 heavy (non-hydrogen) atoms. The van der Waals surface area contributed by atoms with Crippen LogP contribution in [0.3, 0.4) is 0 Å². The molecule has 3 rings (SSSR count). The van der Waals surface area contributed by atoms with Crippen LogP contribution in [-0.2, 0) is 4.79 Å². The van der Waals surface area contributed by atoms with Crippen LogP contribution in [0.5, 0.6) is 23.0 Å². The Morgan fingerprint density at radius 2 is 1.60 bits per heavy atom. The van der Waals surface area contributed by atoms with Crippen LogP contribution in [-0.4, -0.2) is 27.3 Å². The minimum Gasteiger partial charge on any atom is -0.496 e. The highest BCUT2D eigenvalue weighted by molar-refractivity contribution is 5.78.